The highest BCUT2D eigenvalue weighted by molar-refractivity contribution is 7.16. The molecule has 0 saturated carbocycles. The molecule has 2 unspecified atom stereocenters. The van der Waals surface area contributed by atoms with Crippen LogP contribution in [-0.4, -0.2) is 15.8 Å². The summed E-state index contributed by atoms with van der Waals surface area (Å²) in [5.74, 6) is 0. The predicted molar refractivity (Wildman–Crippen MR) is 72.6 cm³/mol. The molecule has 0 spiro atoms. The van der Waals surface area contributed by atoms with E-state index in [-0.39, 0.29) is 0 Å². The Morgan fingerprint density at radius 3 is 2.88 bits per heavy atom. The molecule has 17 heavy (non-hydrogen) atoms. The minimum absolute atomic E-state index is 0.334. The first-order valence-corrected chi connectivity index (χ1v) is 6.83. The molecule has 3 nitrogen and oxygen atoms in total. The molecule has 5 heteroatoms. The van der Waals surface area contributed by atoms with Crippen LogP contribution in [0.2, 0.25) is 4.34 Å². The van der Waals surface area contributed by atoms with E-state index in [4.69, 9.17) is 11.6 Å². The maximum Gasteiger partial charge on any atom is 0.0931 e. The van der Waals surface area contributed by atoms with Gasteiger partial charge in [-0.1, -0.05) is 11.6 Å². The van der Waals surface area contributed by atoms with Crippen LogP contribution < -0.4 is 5.32 Å². The zero-order chi connectivity index (χ0) is 12.3. The molecule has 2 aromatic heterocycles. The first-order chi connectivity index (χ1) is 8.16. The van der Waals surface area contributed by atoms with Crippen molar-refractivity contribution in [1.82, 2.24) is 15.1 Å². The summed E-state index contributed by atoms with van der Waals surface area (Å²) in [6, 6.07) is 6.63. The van der Waals surface area contributed by atoms with Crippen LogP contribution in [-0.2, 0) is 6.54 Å². The zero-order valence-electron chi connectivity index (χ0n) is 9.93. The predicted octanol–water partition coefficient (Wildman–Crippen LogP) is 3.34. The van der Waals surface area contributed by atoms with E-state index in [0.29, 0.717) is 12.1 Å². The van der Waals surface area contributed by atoms with E-state index in [0.717, 1.165) is 10.9 Å². The van der Waals surface area contributed by atoms with E-state index in [1.807, 2.05) is 29.2 Å². The lowest BCUT2D eigenvalue weighted by Gasteiger charge is -2.21. The van der Waals surface area contributed by atoms with Crippen LogP contribution in [0.5, 0.6) is 0 Å². The third-order valence-electron chi connectivity index (χ3n) is 2.89. The Morgan fingerprint density at radius 2 is 2.29 bits per heavy atom. The van der Waals surface area contributed by atoms with Gasteiger partial charge in [0.25, 0.3) is 0 Å². The van der Waals surface area contributed by atoms with Gasteiger partial charge >= 0.3 is 0 Å². The molecule has 0 aliphatic carbocycles. The van der Waals surface area contributed by atoms with Crippen LogP contribution in [0.3, 0.4) is 0 Å². The Bertz CT molecular complexity index is 452. The first kappa shape index (κ1) is 12.6. The molecular formula is C12H16ClN3S. The minimum Gasteiger partial charge on any atom is -0.307 e. The molecule has 92 valence electrons. The van der Waals surface area contributed by atoms with Crippen molar-refractivity contribution in [3.05, 3.63) is 39.8 Å². The molecule has 0 amide bonds. The largest absolute Gasteiger partial charge is 0.307 e. The quantitative estimate of drug-likeness (QED) is 0.902. The molecule has 2 atom stereocenters. The smallest absolute Gasteiger partial charge is 0.0931 e. The fourth-order valence-corrected chi connectivity index (χ4v) is 2.67. The number of thiophene rings is 1. The zero-order valence-corrected chi connectivity index (χ0v) is 11.5. The van der Waals surface area contributed by atoms with Gasteiger partial charge in [0, 0.05) is 29.9 Å². The second-order valence-corrected chi connectivity index (χ2v) is 5.90. The normalized spacial score (nSPS) is 14.8. The van der Waals surface area contributed by atoms with Gasteiger partial charge in [-0.3, -0.25) is 4.68 Å². The number of nitrogens with zero attached hydrogens (tertiary/aromatic N) is 2. The van der Waals surface area contributed by atoms with E-state index in [2.05, 4.69) is 30.3 Å². The van der Waals surface area contributed by atoms with Gasteiger partial charge in [0.2, 0.25) is 0 Å². The van der Waals surface area contributed by atoms with E-state index < -0.39 is 0 Å². The Labute approximate surface area is 110 Å². The molecular weight excluding hydrogens is 254 g/mol. The molecule has 0 aromatic carbocycles. The Hall–Kier alpha value is -0.840. The first-order valence-electron chi connectivity index (χ1n) is 5.63. The summed E-state index contributed by atoms with van der Waals surface area (Å²) in [7, 11) is 0. The van der Waals surface area contributed by atoms with Crippen molar-refractivity contribution in [2.24, 2.45) is 0 Å². The Morgan fingerprint density at radius 1 is 1.47 bits per heavy atom. The minimum atomic E-state index is 0.334. The van der Waals surface area contributed by atoms with Crippen LogP contribution in [0.15, 0.2) is 30.6 Å². The van der Waals surface area contributed by atoms with Crippen LogP contribution in [0, 0.1) is 0 Å². The third-order valence-corrected chi connectivity index (χ3v) is 4.12. The van der Waals surface area contributed by atoms with Crippen molar-refractivity contribution < 1.29 is 0 Å². The number of halogens is 1. The van der Waals surface area contributed by atoms with Gasteiger partial charge in [-0.25, -0.2) is 0 Å². The number of rotatable bonds is 5. The van der Waals surface area contributed by atoms with Crippen molar-refractivity contribution in [2.75, 3.05) is 0 Å². The topological polar surface area (TPSA) is 29.9 Å². The van der Waals surface area contributed by atoms with Crippen LogP contribution >= 0.6 is 22.9 Å². The fraction of sp³-hybridized carbons (Fsp3) is 0.417. The highest BCUT2D eigenvalue weighted by Crippen LogP contribution is 2.21. The number of hydrogen-bond acceptors (Lipinski definition) is 3. The lowest BCUT2D eigenvalue weighted by molar-refractivity contribution is 0.366. The second-order valence-electron chi connectivity index (χ2n) is 4.10. The molecule has 0 saturated heterocycles. The summed E-state index contributed by atoms with van der Waals surface area (Å²) in [6.45, 7) is 5.18. The van der Waals surface area contributed by atoms with Gasteiger partial charge in [-0.15, -0.1) is 11.3 Å². The number of nitrogens with one attached hydrogen (secondary N) is 1. The maximum absolute atomic E-state index is 5.90. The average molecular weight is 270 g/mol. The molecule has 0 aliphatic rings. The van der Waals surface area contributed by atoms with Gasteiger partial charge in [-0.2, -0.15) is 5.10 Å². The van der Waals surface area contributed by atoms with Crippen molar-refractivity contribution in [3.63, 3.8) is 0 Å². The Balaban J connectivity index is 1.87. The molecule has 0 radical (unpaired) electrons. The molecule has 0 bridgehead atoms. The standard InChI is InChI=1S/C12H16ClN3S/c1-9(10(2)16-7-3-6-15-16)14-8-11-4-5-12(13)17-11/h3-7,9-10,14H,8H2,1-2H3. The van der Waals surface area contributed by atoms with Crippen LogP contribution in [0.1, 0.15) is 24.8 Å². The summed E-state index contributed by atoms with van der Waals surface area (Å²) in [5, 5.41) is 7.75. The van der Waals surface area contributed by atoms with E-state index in [1.54, 1.807) is 11.3 Å². The average Bonchev–Trinajstić information content (AvgIpc) is 2.95. The maximum atomic E-state index is 5.90. The molecule has 2 heterocycles. The van der Waals surface area contributed by atoms with Gasteiger partial charge in [0.05, 0.1) is 10.4 Å². The molecule has 2 aromatic rings. The monoisotopic (exact) mass is 269 g/mol. The highest BCUT2D eigenvalue weighted by Gasteiger charge is 2.13. The summed E-state index contributed by atoms with van der Waals surface area (Å²) >= 11 is 7.52. The number of aromatic nitrogens is 2. The summed E-state index contributed by atoms with van der Waals surface area (Å²) in [5.41, 5.74) is 0. The fourth-order valence-electron chi connectivity index (χ4n) is 1.63. The van der Waals surface area contributed by atoms with E-state index >= 15 is 0 Å². The second kappa shape index (κ2) is 5.67. The van der Waals surface area contributed by atoms with Crippen LogP contribution in [0.25, 0.3) is 0 Å². The highest BCUT2D eigenvalue weighted by atomic mass is 35.5. The van der Waals surface area contributed by atoms with Crippen molar-refractivity contribution >= 4 is 22.9 Å². The van der Waals surface area contributed by atoms with E-state index in [9.17, 15) is 0 Å². The van der Waals surface area contributed by atoms with Crippen molar-refractivity contribution in [1.29, 1.82) is 0 Å². The SMILES string of the molecule is CC(NCc1ccc(Cl)s1)C(C)n1cccn1. The van der Waals surface area contributed by atoms with Crippen molar-refractivity contribution in [2.45, 2.75) is 32.5 Å². The summed E-state index contributed by atoms with van der Waals surface area (Å²) in [6.07, 6.45) is 3.80. The van der Waals surface area contributed by atoms with Crippen molar-refractivity contribution in [3.8, 4) is 0 Å². The summed E-state index contributed by atoms with van der Waals surface area (Å²) < 4.78 is 2.81. The summed E-state index contributed by atoms with van der Waals surface area (Å²) in [4.78, 5) is 1.26. The lowest BCUT2D eigenvalue weighted by Crippen LogP contribution is -2.33. The third kappa shape index (κ3) is 3.31. The lowest BCUT2D eigenvalue weighted by atomic mass is 10.2. The van der Waals surface area contributed by atoms with Crippen LogP contribution in [0.4, 0.5) is 0 Å². The molecule has 2 rings (SSSR count). The van der Waals surface area contributed by atoms with Gasteiger partial charge < -0.3 is 5.32 Å². The Kier molecular flexibility index (Phi) is 4.20. The van der Waals surface area contributed by atoms with Gasteiger partial charge in [-0.05, 0) is 32.0 Å². The van der Waals surface area contributed by atoms with Gasteiger partial charge in [0.15, 0.2) is 0 Å². The van der Waals surface area contributed by atoms with E-state index in [1.165, 1.54) is 4.88 Å². The van der Waals surface area contributed by atoms with Gasteiger partial charge in [0.1, 0.15) is 0 Å². The molecule has 0 fully saturated rings. The molecule has 1 N–H and O–H groups in total. The molecule has 0 aliphatic heterocycles. The number of hydrogen-bond donors (Lipinski definition) is 1.